The minimum Gasteiger partial charge on any atom is -0.355 e. The molecule has 1 aliphatic carbocycles. The SMILES string of the molecule is Cc1ccc([C@]2(C(=O)NCCCc3cccnc3)CC2(C)C)cc1. The summed E-state index contributed by atoms with van der Waals surface area (Å²) in [6, 6.07) is 12.4. The first-order valence-corrected chi connectivity index (χ1v) is 8.70. The zero-order valence-corrected chi connectivity index (χ0v) is 14.8. The molecule has 1 atom stereocenters. The summed E-state index contributed by atoms with van der Waals surface area (Å²) in [4.78, 5) is 17.0. The number of aryl methyl sites for hydroxylation is 2. The Morgan fingerprint density at radius 1 is 1.21 bits per heavy atom. The largest absolute Gasteiger partial charge is 0.355 e. The zero-order chi connectivity index (χ0) is 17.2. The van der Waals surface area contributed by atoms with E-state index in [0.29, 0.717) is 6.54 Å². The smallest absolute Gasteiger partial charge is 0.231 e. The first-order valence-electron chi connectivity index (χ1n) is 8.70. The third-order valence-corrected chi connectivity index (χ3v) is 5.32. The van der Waals surface area contributed by atoms with Gasteiger partial charge < -0.3 is 5.32 Å². The lowest BCUT2D eigenvalue weighted by Crippen LogP contribution is -2.38. The van der Waals surface area contributed by atoms with Crippen molar-refractivity contribution in [1.82, 2.24) is 10.3 Å². The van der Waals surface area contributed by atoms with Crippen molar-refractivity contribution in [2.45, 2.75) is 45.4 Å². The van der Waals surface area contributed by atoms with Crippen LogP contribution in [0.3, 0.4) is 0 Å². The summed E-state index contributed by atoms with van der Waals surface area (Å²) in [5.41, 5.74) is 3.24. The Labute approximate surface area is 144 Å². The lowest BCUT2D eigenvalue weighted by atomic mass is 9.86. The highest BCUT2D eigenvalue weighted by molar-refractivity contribution is 5.93. The Morgan fingerprint density at radius 2 is 1.92 bits per heavy atom. The topological polar surface area (TPSA) is 42.0 Å². The van der Waals surface area contributed by atoms with E-state index in [2.05, 4.69) is 61.4 Å². The Bertz CT molecular complexity index is 706. The number of pyridine rings is 1. The zero-order valence-electron chi connectivity index (χ0n) is 14.8. The molecule has 3 nitrogen and oxygen atoms in total. The molecule has 0 saturated heterocycles. The molecule has 1 amide bonds. The Hall–Kier alpha value is -2.16. The fourth-order valence-electron chi connectivity index (χ4n) is 3.66. The van der Waals surface area contributed by atoms with Crippen molar-refractivity contribution in [2.75, 3.05) is 6.54 Å². The number of carbonyl (C=O) groups is 1. The third kappa shape index (κ3) is 3.08. The second kappa shape index (κ2) is 6.39. The minimum atomic E-state index is -0.366. The van der Waals surface area contributed by atoms with Crippen LogP contribution in [0, 0.1) is 12.3 Å². The van der Waals surface area contributed by atoms with E-state index in [9.17, 15) is 4.79 Å². The van der Waals surface area contributed by atoms with E-state index in [1.807, 2.05) is 12.3 Å². The molecule has 2 aromatic rings. The fraction of sp³-hybridized carbons (Fsp3) is 0.429. The highest BCUT2D eigenvalue weighted by Gasteiger charge is 2.66. The standard InChI is InChI=1S/C21H26N2O/c1-16-8-10-18(11-9-16)21(15-20(21,2)3)19(24)23-13-5-7-17-6-4-12-22-14-17/h4,6,8-12,14H,5,7,13,15H2,1-3H3,(H,23,24)/t21-/m0/s1. The molecular weight excluding hydrogens is 296 g/mol. The van der Waals surface area contributed by atoms with Gasteiger partial charge in [-0.2, -0.15) is 0 Å². The molecular formula is C21H26N2O. The van der Waals surface area contributed by atoms with Gasteiger partial charge in [0.15, 0.2) is 0 Å². The van der Waals surface area contributed by atoms with Gasteiger partial charge in [-0.15, -0.1) is 0 Å². The molecule has 0 spiro atoms. The van der Waals surface area contributed by atoms with E-state index >= 15 is 0 Å². The van der Waals surface area contributed by atoms with Gasteiger partial charge in [-0.3, -0.25) is 9.78 Å². The van der Waals surface area contributed by atoms with Gasteiger partial charge in [-0.25, -0.2) is 0 Å². The van der Waals surface area contributed by atoms with Crippen molar-refractivity contribution >= 4 is 5.91 Å². The highest BCUT2D eigenvalue weighted by atomic mass is 16.2. The molecule has 3 heteroatoms. The number of nitrogens with one attached hydrogen (secondary N) is 1. The maximum atomic E-state index is 12.9. The summed E-state index contributed by atoms with van der Waals surface area (Å²) >= 11 is 0. The summed E-state index contributed by atoms with van der Waals surface area (Å²) < 4.78 is 0. The maximum absolute atomic E-state index is 12.9. The molecule has 1 saturated carbocycles. The van der Waals surface area contributed by atoms with Gasteiger partial charge in [0.25, 0.3) is 0 Å². The molecule has 3 rings (SSSR count). The average molecular weight is 322 g/mol. The van der Waals surface area contributed by atoms with Crippen molar-refractivity contribution in [1.29, 1.82) is 0 Å². The second-order valence-electron chi connectivity index (χ2n) is 7.55. The second-order valence-corrected chi connectivity index (χ2v) is 7.55. The molecule has 1 aliphatic rings. The Morgan fingerprint density at radius 3 is 2.50 bits per heavy atom. The van der Waals surface area contributed by atoms with Crippen LogP contribution in [0.25, 0.3) is 0 Å². The van der Waals surface area contributed by atoms with Crippen molar-refractivity contribution < 1.29 is 4.79 Å². The predicted octanol–water partition coefficient (Wildman–Crippen LogP) is 3.81. The third-order valence-electron chi connectivity index (χ3n) is 5.32. The van der Waals surface area contributed by atoms with E-state index in [0.717, 1.165) is 24.8 Å². The number of rotatable bonds is 6. The Kier molecular flexibility index (Phi) is 4.44. The normalized spacial score (nSPS) is 21.3. The van der Waals surface area contributed by atoms with Crippen molar-refractivity contribution in [3.63, 3.8) is 0 Å². The Balaban J connectivity index is 1.61. The van der Waals surface area contributed by atoms with Crippen LogP contribution in [0.15, 0.2) is 48.8 Å². The number of amides is 1. The van der Waals surface area contributed by atoms with Gasteiger partial charge >= 0.3 is 0 Å². The van der Waals surface area contributed by atoms with Crippen molar-refractivity contribution in [3.05, 3.63) is 65.5 Å². The van der Waals surface area contributed by atoms with Gasteiger partial charge in [0.05, 0.1) is 5.41 Å². The molecule has 0 radical (unpaired) electrons. The van der Waals surface area contributed by atoms with Crippen molar-refractivity contribution in [2.24, 2.45) is 5.41 Å². The lowest BCUT2D eigenvalue weighted by molar-refractivity contribution is -0.124. The van der Waals surface area contributed by atoms with Gasteiger partial charge in [-0.1, -0.05) is 49.7 Å². The van der Waals surface area contributed by atoms with Crippen LogP contribution < -0.4 is 5.32 Å². The molecule has 1 heterocycles. The van der Waals surface area contributed by atoms with E-state index in [1.165, 1.54) is 11.1 Å². The minimum absolute atomic E-state index is 0.0235. The predicted molar refractivity (Wildman–Crippen MR) is 96.8 cm³/mol. The van der Waals surface area contributed by atoms with Gasteiger partial charge in [0, 0.05) is 18.9 Å². The van der Waals surface area contributed by atoms with Crippen LogP contribution in [0.4, 0.5) is 0 Å². The molecule has 24 heavy (non-hydrogen) atoms. The summed E-state index contributed by atoms with van der Waals surface area (Å²) in [5.74, 6) is 0.169. The van der Waals surface area contributed by atoms with Crippen LogP contribution in [-0.4, -0.2) is 17.4 Å². The van der Waals surface area contributed by atoms with E-state index in [-0.39, 0.29) is 16.7 Å². The maximum Gasteiger partial charge on any atom is 0.231 e. The first kappa shape index (κ1) is 16.7. The highest BCUT2D eigenvalue weighted by Crippen LogP contribution is 2.64. The molecule has 1 aromatic heterocycles. The van der Waals surface area contributed by atoms with Crippen LogP contribution >= 0.6 is 0 Å². The number of benzene rings is 1. The number of hydrogen-bond acceptors (Lipinski definition) is 2. The average Bonchev–Trinajstić information content (AvgIpc) is 3.17. The molecule has 0 aliphatic heterocycles. The van der Waals surface area contributed by atoms with Crippen LogP contribution in [0.5, 0.6) is 0 Å². The molecule has 0 bridgehead atoms. The lowest BCUT2D eigenvalue weighted by Gasteiger charge is -2.21. The van der Waals surface area contributed by atoms with Crippen molar-refractivity contribution in [3.8, 4) is 0 Å². The summed E-state index contributed by atoms with van der Waals surface area (Å²) in [7, 11) is 0. The summed E-state index contributed by atoms with van der Waals surface area (Å²) in [6.07, 6.45) is 6.46. The fourth-order valence-corrected chi connectivity index (χ4v) is 3.66. The van der Waals surface area contributed by atoms with E-state index < -0.39 is 0 Å². The summed E-state index contributed by atoms with van der Waals surface area (Å²) in [6.45, 7) is 7.15. The van der Waals surface area contributed by atoms with Gasteiger partial charge in [0.2, 0.25) is 5.91 Å². The quantitative estimate of drug-likeness (QED) is 0.822. The van der Waals surface area contributed by atoms with Crippen LogP contribution in [0.2, 0.25) is 0 Å². The molecule has 1 aromatic carbocycles. The van der Waals surface area contributed by atoms with Gasteiger partial charge in [-0.05, 0) is 48.8 Å². The number of nitrogens with zero attached hydrogens (tertiary/aromatic N) is 1. The van der Waals surface area contributed by atoms with Crippen LogP contribution in [-0.2, 0) is 16.6 Å². The number of aromatic nitrogens is 1. The number of carbonyl (C=O) groups excluding carboxylic acids is 1. The van der Waals surface area contributed by atoms with Crippen LogP contribution in [0.1, 0.15) is 43.4 Å². The number of hydrogen-bond donors (Lipinski definition) is 1. The molecule has 1 N–H and O–H groups in total. The summed E-state index contributed by atoms with van der Waals surface area (Å²) in [5, 5.41) is 3.17. The molecule has 0 unspecified atom stereocenters. The van der Waals surface area contributed by atoms with Gasteiger partial charge in [0.1, 0.15) is 0 Å². The monoisotopic (exact) mass is 322 g/mol. The van der Waals surface area contributed by atoms with E-state index in [4.69, 9.17) is 0 Å². The molecule has 1 fully saturated rings. The molecule has 126 valence electrons. The van der Waals surface area contributed by atoms with E-state index in [1.54, 1.807) is 6.20 Å². The first-order chi connectivity index (χ1) is 11.5.